The summed E-state index contributed by atoms with van der Waals surface area (Å²) in [5, 5.41) is 4.09. The second-order valence-corrected chi connectivity index (χ2v) is 5.84. The molecule has 0 aromatic heterocycles. The number of hydrogen-bond donors (Lipinski definition) is 1. The summed E-state index contributed by atoms with van der Waals surface area (Å²) in [6.07, 6.45) is 1.18. The van der Waals surface area contributed by atoms with Crippen LogP contribution in [0.1, 0.15) is 27.2 Å². The Morgan fingerprint density at radius 2 is 2.12 bits per heavy atom. The Bertz CT molecular complexity index is 330. The van der Waals surface area contributed by atoms with Gasteiger partial charge in [-0.3, -0.25) is 0 Å². The van der Waals surface area contributed by atoms with E-state index >= 15 is 0 Å². The van der Waals surface area contributed by atoms with Gasteiger partial charge in [0, 0.05) is 22.7 Å². The highest BCUT2D eigenvalue weighted by atomic mass is 32.2. The molecule has 2 unspecified atom stereocenters. The minimum Gasteiger partial charge on any atom is -0.497 e. The molecule has 0 aliphatic rings. The maximum atomic E-state index is 5.22. The molecule has 0 aliphatic carbocycles. The maximum Gasteiger partial charge on any atom is 0.119 e. The fourth-order valence-electron chi connectivity index (χ4n) is 1.46. The van der Waals surface area contributed by atoms with Crippen LogP contribution in [0, 0.1) is 0 Å². The van der Waals surface area contributed by atoms with Crippen molar-refractivity contribution in [3.63, 3.8) is 0 Å². The predicted octanol–water partition coefficient (Wildman–Crippen LogP) is 3.56. The molecule has 3 heteroatoms. The van der Waals surface area contributed by atoms with Gasteiger partial charge in [0.15, 0.2) is 0 Å². The lowest BCUT2D eigenvalue weighted by atomic mass is 10.2. The first-order valence-corrected chi connectivity index (χ1v) is 7.07. The summed E-state index contributed by atoms with van der Waals surface area (Å²) in [5.74, 6) is 0.928. The second kappa shape index (κ2) is 7.62. The first-order valence-electron chi connectivity index (χ1n) is 6.19. The van der Waals surface area contributed by atoms with Crippen molar-refractivity contribution >= 4 is 11.8 Å². The maximum absolute atomic E-state index is 5.22. The van der Waals surface area contributed by atoms with Crippen molar-refractivity contribution in [1.82, 2.24) is 5.32 Å². The number of benzene rings is 1. The third kappa shape index (κ3) is 5.46. The molecule has 0 saturated heterocycles. The van der Waals surface area contributed by atoms with Crippen molar-refractivity contribution in [2.45, 2.75) is 43.4 Å². The molecule has 0 fully saturated rings. The van der Waals surface area contributed by atoms with Crippen LogP contribution in [0.15, 0.2) is 29.2 Å². The molecule has 0 radical (unpaired) electrons. The first kappa shape index (κ1) is 14.4. The van der Waals surface area contributed by atoms with E-state index in [1.165, 1.54) is 11.3 Å². The SMILES string of the molecule is CCC(C)NCC(C)Sc1cccc(OC)c1. The number of methoxy groups -OCH3 is 1. The van der Waals surface area contributed by atoms with Crippen LogP contribution in [-0.2, 0) is 0 Å². The Morgan fingerprint density at radius 3 is 2.76 bits per heavy atom. The summed E-state index contributed by atoms with van der Waals surface area (Å²) < 4.78 is 5.22. The molecule has 0 aliphatic heterocycles. The molecule has 0 heterocycles. The predicted molar refractivity (Wildman–Crippen MR) is 76.1 cm³/mol. The second-order valence-electron chi connectivity index (χ2n) is 4.32. The van der Waals surface area contributed by atoms with Crippen LogP contribution in [0.2, 0.25) is 0 Å². The molecule has 2 nitrogen and oxygen atoms in total. The van der Waals surface area contributed by atoms with Crippen LogP contribution in [0.4, 0.5) is 0 Å². The van der Waals surface area contributed by atoms with Gasteiger partial charge in [0.1, 0.15) is 5.75 Å². The molecule has 0 saturated carbocycles. The summed E-state index contributed by atoms with van der Waals surface area (Å²) in [7, 11) is 1.71. The largest absolute Gasteiger partial charge is 0.497 e. The van der Waals surface area contributed by atoms with Crippen molar-refractivity contribution in [2.75, 3.05) is 13.7 Å². The molecule has 1 rings (SSSR count). The zero-order valence-corrected chi connectivity index (χ0v) is 12.0. The van der Waals surface area contributed by atoms with Crippen molar-refractivity contribution < 1.29 is 4.74 Å². The van der Waals surface area contributed by atoms with Crippen LogP contribution < -0.4 is 10.1 Å². The van der Waals surface area contributed by atoms with Crippen LogP contribution in [0.5, 0.6) is 5.75 Å². The molecule has 0 spiro atoms. The summed E-state index contributed by atoms with van der Waals surface area (Å²) in [4.78, 5) is 1.27. The number of thioether (sulfide) groups is 1. The third-order valence-corrected chi connectivity index (χ3v) is 3.84. The Balaban J connectivity index is 2.41. The van der Waals surface area contributed by atoms with E-state index in [0.29, 0.717) is 11.3 Å². The van der Waals surface area contributed by atoms with E-state index < -0.39 is 0 Å². The minimum absolute atomic E-state index is 0.566. The van der Waals surface area contributed by atoms with E-state index in [-0.39, 0.29) is 0 Å². The van der Waals surface area contributed by atoms with Crippen molar-refractivity contribution in [3.8, 4) is 5.75 Å². The lowest BCUT2D eigenvalue weighted by Crippen LogP contribution is -2.30. The lowest BCUT2D eigenvalue weighted by molar-refractivity contribution is 0.413. The summed E-state index contributed by atoms with van der Waals surface area (Å²) in [5.41, 5.74) is 0. The quantitative estimate of drug-likeness (QED) is 0.751. The van der Waals surface area contributed by atoms with Gasteiger partial charge >= 0.3 is 0 Å². The fraction of sp³-hybridized carbons (Fsp3) is 0.571. The van der Waals surface area contributed by atoms with E-state index in [1.54, 1.807) is 7.11 Å². The van der Waals surface area contributed by atoms with E-state index in [1.807, 2.05) is 23.9 Å². The minimum atomic E-state index is 0.566. The Hall–Kier alpha value is -0.670. The molecule has 2 atom stereocenters. The third-order valence-electron chi connectivity index (χ3n) is 2.74. The van der Waals surface area contributed by atoms with Gasteiger partial charge in [-0.1, -0.05) is 19.9 Å². The first-order chi connectivity index (χ1) is 8.15. The highest BCUT2D eigenvalue weighted by Gasteiger charge is 2.06. The Labute approximate surface area is 109 Å². The van der Waals surface area contributed by atoms with Crippen LogP contribution in [0.3, 0.4) is 0 Å². The van der Waals surface area contributed by atoms with Crippen molar-refractivity contribution in [1.29, 1.82) is 0 Å². The number of hydrogen-bond acceptors (Lipinski definition) is 3. The molecule has 17 heavy (non-hydrogen) atoms. The molecule has 1 aromatic rings. The van der Waals surface area contributed by atoms with E-state index in [4.69, 9.17) is 4.74 Å². The van der Waals surface area contributed by atoms with Gasteiger partial charge in [-0.15, -0.1) is 11.8 Å². The molecular weight excluding hydrogens is 230 g/mol. The average molecular weight is 253 g/mol. The molecular formula is C14H23NOS. The molecule has 0 amide bonds. The van der Waals surface area contributed by atoms with Crippen LogP contribution >= 0.6 is 11.8 Å². The van der Waals surface area contributed by atoms with Gasteiger partial charge in [-0.2, -0.15) is 0 Å². The molecule has 1 aromatic carbocycles. The van der Waals surface area contributed by atoms with Crippen molar-refractivity contribution in [2.24, 2.45) is 0 Å². The Morgan fingerprint density at radius 1 is 1.35 bits per heavy atom. The standard InChI is InChI=1S/C14H23NOS/c1-5-11(2)15-10-12(3)17-14-8-6-7-13(9-14)16-4/h6-9,11-12,15H,5,10H2,1-4H3. The summed E-state index contributed by atoms with van der Waals surface area (Å²) in [6, 6.07) is 8.84. The van der Waals surface area contributed by atoms with Crippen LogP contribution in [0.25, 0.3) is 0 Å². The molecule has 1 N–H and O–H groups in total. The van der Waals surface area contributed by atoms with Gasteiger partial charge in [-0.05, 0) is 31.5 Å². The van der Waals surface area contributed by atoms with Gasteiger partial charge in [-0.25, -0.2) is 0 Å². The molecule has 0 bridgehead atoms. The number of rotatable bonds is 7. The Kier molecular flexibility index (Phi) is 6.45. The summed E-state index contributed by atoms with van der Waals surface area (Å²) >= 11 is 1.88. The smallest absolute Gasteiger partial charge is 0.119 e. The monoisotopic (exact) mass is 253 g/mol. The normalized spacial score (nSPS) is 14.4. The molecule has 96 valence electrons. The van der Waals surface area contributed by atoms with Gasteiger partial charge in [0.25, 0.3) is 0 Å². The van der Waals surface area contributed by atoms with Gasteiger partial charge < -0.3 is 10.1 Å². The number of ether oxygens (including phenoxy) is 1. The highest BCUT2D eigenvalue weighted by Crippen LogP contribution is 2.26. The fourth-order valence-corrected chi connectivity index (χ4v) is 2.45. The lowest BCUT2D eigenvalue weighted by Gasteiger charge is -2.16. The van der Waals surface area contributed by atoms with E-state index in [0.717, 1.165) is 12.3 Å². The average Bonchev–Trinajstić information content (AvgIpc) is 2.36. The van der Waals surface area contributed by atoms with Crippen molar-refractivity contribution in [3.05, 3.63) is 24.3 Å². The summed E-state index contributed by atoms with van der Waals surface area (Å²) in [6.45, 7) is 7.72. The topological polar surface area (TPSA) is 21.3 Å². The van der Waals surface area contributed by atoms with E-state index in [9.17, 15) is 0 Å². The zero-order chi connectivity index (χ0) is 12.7. The highest BCUT2D eigenvalue weighted by molar-refractivity contribution is 8.00. The van der Waals surface area contributed by atoms with Crippen LogP contribution in [-0.4, -0.2) is 24.9 Å². The number of nitrogens with one attached hydrogen (secondary N) is 1. The van der Waals surface area contributed by atoms with Gasteiger partial charge in [0.05, 0.1) is 7.11 Å². The van der Waals surface area contributed by atoms with Gasteiger partial charge in [0.2, 0.25) is 0 Å². The zero-order valence-electron chi connectivity index (χ0n) is 11.2. The van der Waals surface area contributed by atoms with E-state index in [2.05, 4.69) is 38.2 Å².